The van der Waals surface area contributed by atoms with E-state index in [-0.39, 0.29) is 6.04 Å². The van der Waals surface area contributed by atoms with Gasteiger partial charge >= 0.3 is 0 Å². The number of aliphatic hydroxyl groups is 1. The number of aromatic nitrogens is 3. The highest BCUT2D eigenvalue weighted by Gasteiger charge is 2.36. The van der Waals surface area contributed by atoms with Crippen molar-refractivity contribution in [2.45, 2.75) is 52.2 Å². The Kier molecular flexibility index (Phi) is 8.30. The van der Waals surface area contributed by atoms with Gasteiger partial charge in [-0.05, 0) is 70.4 Å². The third-order valence-corrected chi connectivity index (χ3v) is 11.2. The molecule has 9 nitrogen and oxygen atoms in total. The fourth-order valence-corrected chi connectivity index (χ4v) is 8.38. The Morgan fingerprint density at radius 1 is 0.957 bits per heavy atom. The van der Waals surface area contributed by atoms with Crippen molar-refractivity contribution in [1.82, 2.24) is 19.7 Å². The fraction of sp³-hybridized carbons (Fsp3) is 0.457. The third-order valence-electron chi connectivity index (χ3n) is 9.99. The first-order valence-electron chi connectivity index (χ1n) is 16.2. The average molecular weight is 662 g/mol. The number of rotatable bonds is 6. The lowest BCUT2D eigenvalue weighted by Crippen LogP contribution is -2.55. The van der Waals surface area contributed by atoms with E-state index >= 15 is 0 Å². The van der Waals surface area contributed by atoms with E-state index in [0.717, 1.165) is 51.0 Å². The van der Waals surface area contributed by atoms with Gasteiger partial charge in [-0.15, -0.1) is 21.5 Å². The van der Waals surface area contributed by atoms with E-state index in [9.17, 15) is 13.9 Å². The first-order chi connectivity index (χ1) is 22.5. The summed E-state index contributed by atoms with van der Waals surface area (Å²) in [4.78, 5) is 12.9. The number of nitrogens with zero attached hydrogens (tertiary/aromatic N) is 7. The number of aliphatic imine (C=N–C) groups is 1. The van der Waals surface area contributed by atoms with Crippen LogP contribution in [0.3, 0.4) is 0 Å². The maximum absolute atomic E-state index is 14.3. The lowest BCUT2D eigenvalue weighted by molar-refractivity contribution is -0.0173. The van der Waals surface area contributed by atoms with Crippen molar-refractivity contribution >= 4 is 28.4 Å². The van der Waals surface area contributed by atoms with Gasteiger partial charge in [-0.1, -0.05) is 0 Å². The van der Waals surface area contributed by atoms with Gasteiger partial charge in [0.15, 0.2) is 5.82 Å². The number of methoxy groups -OCH3 is 1. The van der Waals surface area contributed by atoms with E-state index in [2.05, 4.69) is 63.5 Å². The molecule has 2 aromatic carbocycles. The summed E-state index contributed by atoms with van der Waals surface area (Å²) in [6.07, 6.45) is 1.27. The smallest absolute Gasteiger partial charge is 0.162 e. The standard InChI is InChI=1S/C35H41F2N7O2S/c1-21-23(3)47-34-31(21)32(38-22(2)33-40-39-24(4)44(33)34)27-8-7-26(19-30(27)46-5)42-12-10-35(45,11-13-42)20-41-14-16-43(17-15-41)29-18-25(36)6-9-28(29)37/h6-9,18-19,22,45H,10-17,20H2,1-5H3/t22-/m0/s1. The van der Waals surface area contributed by atoms with Crippen LogP contribution >= 0.6 is 11.3 Å². The van der Waals surface area contributed by atoms with Gasteiger partial charge < -0.3 is 19.6 Å². The summed E-state index contributed by atoms with van der Waals surface area (Å²) in [5.41, 5.74) is 4.67. The van der Waals surface area contributed by atoms with Gasteiger partial charge in [0.2, 0.25) is 0 Å². The number of benzene rings is 2. The first-order valence-corrected chi connectivity index (χ1v) is 17.1. The van der Waals surface area contributed by atoms with E-state index < -0.39 is 17.2 Å². The topological polar surface area (TPSA) is 82.2 Å². The molecule has 0 spiro atoms. The number of ether oxygens (including phenoxy) is 1. The molecule has 0 bridgehead atoms. The van der Waals surface area contributed by atoms with E-state index in [1.807, 2.05) is 11.8 Å². The molecule has 248 valence electrons. The number of β-amino-alcohol motifs (C(OH)–C–C–N with tert-alkyl or cyclic N) is 1. The summed E-state index contributed by atoms with van der Waals surface area (Å²) in [5.74, 6) is 1.59. The van der Waals surface area contributed by atoms with Crippen molar-refractivity contribution in [3.05, 3.63) is 81.2 Å². The Bertz CT molecular complexity index is 1840. The minimum absolute atomic E-state index is 0.180. The van der Waals surface area contributed by atoms with Gasteiger partial charge in [-0.3, -0.25) is 14.5 Å². The van der Waals surface area contributed by atoms with E-state index in [1.165, 1.54) is 22.6 Å². The normalized spacial score (nSPS) is 19.7. The lowest BCUT2D eigenvalue weighted by Gasteiger charge is -2.44. The Morgan fingerprint density at radius 3 is 2.43 bits per heavy atom. The van der Waals surface area contributed by atoms with Crippen LogP contribution in [0.2, 0.25) is 0 Å². The molecule has 0 radical (unpaired) electrons. The molecule has 2 fully saturated rings. The van der Waals surface area contributed by atoms with Crippen LogP contribution in [0.4, 0.5) is 20.2 Å². The predicted molar refractivity (Wildman–Crippen MR) is 182 cm³/mol. The zero-order valence-electron chi connectivity index (χ0n) is 27.6. The zero-order valence-corrected chi connectivity index (χ0v) is 28.4. The maximum atomic E-state index is 14.3. The quantitative estimate of drug-likeness (QED) is 0.288. The van der Waals surface area contributed by atoms with Crippen molar-refractivity contribution in [2.75, 3.05) is 62.7 Å². The van der Waals surface area contributed by atoms with E-state index in [4.69, 9.17) is 9.73 Å². The lowest BCUT2D eigenvalue weighted by atomic mass is 9.90. The zero-order chi connectivity index (χ0) is 33.0. The average Bonchev–Trinajstić information content (AvgIpc) is 3.55. The van der Waals surface area contributed by atoms with Crippen LogP contribution in [0.25, 0.3) is 5.00 Å². The molecule has 12 heteroatoms. The van der Waals surface area contributed by atoms with Crippen molar-refractivity contribution in [3.63, 3.8) is 0 Å². The van der Waals surface area contributed by atoms with Gasteiger partial charge in [0.1, 0.15) is 34.3 Å². The van der Waals surface area contributed by atoms with Crippen molar-refractivity contribution in [3.8, 4) is 10.8 Å². The molecular formula is C35H41F2N7O2S. The van der Waals surface area contributed by atoms with Crippen LogP contribution in [-0.2, 0) is 0 Å². The Labute approximate surface area is 278 Å². The third kappa shape index (κ3) is 5.80. The van der Waals surface area contributed by atoms with Gasteiger partial charge in [-0.2, -0.15) is 0 Å². The number of anilines is 2. The van der Waals surface area contributed by atoms with Gasteiger partial charge in [0.05, 0.1) is 24.1 Å². The number of aryl methyl sites for hydroxylation is 2. The van der Waals surface area contributed by atoms with Crippen molar-refractivity contribution in [2.24, 2.45) is 4.99 Å². The molecule has 2 saturated heterocycles. The highest BCUT2D eigenvalue weighted by atomic mass is 32.1. The molecule has 47 heavy (non-hydrogen) atoms. The summed E-state index contributed by atoms with van der Waals surface area (Å²) < 4.78 is 36.2. The molecule has 0 unspecified atom stereocenters. The fourth-order valence-electron chi connectivity index (χ4n) is 7.17. The van der Waals surface area contributed by atoms with E-state index in [1.54, 1.807) is 18.4 Å². The number of fused-ring (bicyclic) bond motifs is 3. The molecule has 0 saturated carbocycles. The van der Waals surface area contributed by atoms with Gasteiger partial charge in [0, 0.05) is 79.6 Å². The van der Waals surface area contributed by atoms with E-state index in [0.29, 0.717) is 64.3 Å². The molecule has 0 amide bonds. The predicted octanol–water partition coefficient (Wildman–Crippen LogP) is 5.61. The number of hydrogen-bond acceptors (Lipinski definition) is 9. The minimum Gasteiger partial charge on any atom is -0.496 e. The summed E-state index contributed by atoms with van der Waals surface area (Å²) >= 11 is 1.74. The first kappa shape index (κ1) is 31.7. The summed E-state index contributed by atoms with van der Waals surface area (Å²) in [6.45, 7) is 12.9. The molecule has 1 atom stereocenters. The Morgan fingerprint density at radius 2 is 1.70 bits per heavy atom. The SMILES string of the molecule is COc1cc(N2CCC(O)(CN3CCN(c4cc(F)ccc4F)CC3)CC2)ccc1C1=N[C@@H](C)c2nnc(C)n2-c2sc(C)c(C)c21. The van der Waals surface area contributed by atoms with Crippen LogP contribution in [-0.4, -0.2) is 89.0 Å². The number of piperazine rings is 1. The second-order valence-corrected chi connectivity index (χ2v) is 14.2. The summed E-state index contributed by atoms with van der Waals surface area (Å²) in [7, 11) is 1.70. The maximum Gasteiger partial charge on any atom is 0.162 e. The second-order valence-electron chi connectivity index (χ2n) is 13.0. The molecule has 3 aliphatic rings. The Hall–Kier alpha value is -3.87. The number of piperidine rings is 1. The number of halogens is 2. The monoisotopic (exact) mass is 661 g/mol. The Balaban J connectivity index is 1.05. The molecule has 0 aliphatic carbocycles. The van der Waals surface area contributed by atoms with Gasteiger partial charge in [-0.25, -0.2) is 8.78 Å². The molecule has 2 aromatic heterocycles. The number of hydrogen-bond donors (Lipinski definition) is 1. The largest absolute Gasteiger partial charge is 0.496 e. The highest BCUT2D eigenvalue weighted by molar-refractivity contribution is 7.15. The van der Waals surface area contributed by atoms with Crippen molar-refractivity contribution in [1.29, 1.82) is 0 Å². The van der Waals surface area contributed by atoms with Crippen LogP contribution in [0.15, 0.2) is 41.4 Å². The van der Waals surface area contributed by atoms with Gasteiger partial charge in [0.25, 0.3) is 0 Å². The van der Waals surface area contributed by atoms with Crippen LogP contribution in [0, 0.1) is 32.4 Å². The summed E-state index contributed by atoms with van der Waals surface area (Å²) in [6, 6.07) is 9.73. The minimum atomic E-state index is -0.805. The number of thiophene rings is 1. The van der Waals surface area contributed by atoms with Crippen LogP contribution in [0.5, 0.6) is 5.75 Å². The molecular weight excluding hydrogens is 620 g/mol. The van der Waals surface area contributed by atoms with Crippen LogP contribution < -0.4 is 14.5 Å². The molecule has 1 N–H and O–H groups in total. The molecule has 5 heterocycles. The molecule has 4 aromatic rings. The summed E-state index contributed by atoms with van der Waals surface area (Å²) in [5, 5.41) is 21.5. The molecule has 3 aliphatic heterocycles. The highest BCUT2D eigenvalue weighted by Crippen LogP contribution is 2.41. The van der Waals surface area contributed by atoms with Crippen molar-refractivity contribution < 1.29 is 18.6 Å². The second kappa shape index (κ2) is 12.3. The van der Waals surface area contributed by atoms with Crippen LogP contribution in [0.1, 0.15) is 59.0 Å². The molecule has 7 rings (SSSR count).